The lowest BCUT2D eigenvalue weighted by atomic mass is 9.62. The molecule has 0 saturated heterocycles. The van der Waals surface area contributed by atoms with Gasteiger partial charge in [0, 0.05) is 36.9 Å². The summed E-state index contributed by atoms with van der Waals surface area (Å²) in [7, 11) is 0. The molecular formula is C23H27NO8. The van der Waals surface area contributed by atoms with Gasteiger partial charge in [0.05, 0.1) is 17.8 Å². The SMILES string of the molecule is CC(=O)OC[C@](C)(O)[C@H]1C[C@@H](O)[C@]2(C)Oc3cc(-c4cccnc4)oc(=O)c3[C@@H](O)[C@H]2C1. The third-order valence-corrected chi connectivity index (χ3v) is 6.79. The van der Waals surface area contributed by atoms with Crippen LogP contribution >= 0.6 is 0 Å². The van der Waals surface area contributed by atoms with Crippen LogP contribution in [0.4, 0.5) is 0 Å². The molecule has 1 fully saturated rings. The van der Waals surface area contributed by atoms with E-state index in [0.717, 1.165) is 0 Å². The molecule has 32 heavy (non-hydrogen) atoms. The van der Waals surface area contributed by atoms with Gasteiger partial charge in [-0.2, -0.15) is 0 Å². The molecule has 2 aromatic rings. The van der Waals surface area contributed by atoms with E-state index in [2.05, 4.69) is 4.98 Å². The quantitative estimate of drug-likeness (QED) is 0.599. The second-order valence-corrected chi connectivity index (χ2v) is 9.08. The number of hydrogen-bond donors (Lipinski definition) is 3. The number of aliphatic hydroxyl groups excluding tert-OH is 2. The number of nitrogens with zero attached hydrogens (tertiary/aromatic N) is 1. The molecule has 6 atom stereocenters. The lowest BCUT2D eigenvalue weighted by Crippen LogP contribution is -2.62. The average Bonchev–Trinajstić information content (AvgIpc) is 2.73. The number of pyridine rings is 1. The van der Waals surface area contributed by atoms with Gasteiger partial charge < -0.3 is 29.2 Å². The molecule has 9 heteroatoms. The summed E-state index contributed by atoms with van der Waals surface area (Å²) in [5.41, 5.74) is -2.81. The minimum absolute atomic E-state index is 0.0207. The monoisotopic (exact) mass is 445 g/mol. The molecule has 172 valence electrons. The Morgan fingerprint density at radius 1 is 1.38 bits per heavy atom. The molecule has 2 aliphatic rings. The van der Waals surface area contributed by atoms with Gasteiger partial charge in [-0.25, -0.2) is 4.79 Å². The highest BCUT2D eigenvalue weighted by Gasteiger charge is 2.58. The number of esters is 1. The zero-order chi connectivity index (χ0) is 23.3. The molecule has 9 nitrogen and oxygen atoms in total. The first-order valence-corrected chi connectivity index (χ1v) is 10.5. The Bertz CT molecular complexity index is 1070. The summed E-state index contributed by atoms with van der Waals surface area (Å²) in [4.78, 5) is 28.0. The molecule has 1 saturated carbocycles. The first-order chi connectivity index (χ1) is 15.0. The number of hydrogen-bond acceptors (Lipinski definition) is 9. The molecule has 0 bridgehead atoms. The maximum Gasteiger partial charge on any atom is 0.345 e. The first kappa shape index (κ1) is 22.4. The summed E-state index contributed by atoms with van der Waals surface area (Å²) in [6.07, 6.45) is 1.22. The van der Waals surface area contributed by atoms with E-state index >= 15 is 0 Å². The van der Waals surface area contributed by atoms with Crippen LogP contribution in [0.1, 0.15) is 45.3 Å². The van der Waals surface area contributed by atoms with Crippen LogP contribution in [-0.2, 0) is 9.53 Å². The molecule has 2 aromatic heterocycles. The summed E-state index contributed by atoms with van der Waals surface area (Å²) < 4.78 is 16.6. The van der Waals surface area contributed by atoms with Crippen molar-refractivity contribution in [3.05, 3.63) is 46.6 Å². The molecule has 0 amide bonds. The van der Waals surface area contributed by atoms with Gasteiger partial charge >= 0.3 is 11.6 Å². The molecule has 0 spiro atoms. The van der Waals surface area contributed by atoms with E-state index in [1.54, 1.807) is 31.5 Å². The zero-order valence-electron chi connectivity index (χ0n) is 18.1. The van der Waals surface area contributed by atoms with Gasteiger partial charge in [0.25, 0.3) is 0 Å². The van der Waals surface area contributed by atoms with Crippen molar-refractivity contribution in [1.29, 1.82) is 0 Å². The average molecular weight is 445 g/mol. The fourth-order valence-corrected chi connectivity index (χ4v) is 4.77. The van der Waals surface area contributed by atoms with Crippen LogP contribution in [0.15, 0.2) is 39.8 Å². The Balaban J connectivity index is 1.69. The van der Waals surface area contributed by atoms with Crippen molar-refractivity contribution in [2.45, 2.75) is 57.0 Å². The molecular weight excluding hydrogens is 418 g/mol. The van der Waals surface area contributed by atoms with Gasteiger partial charge in [-0.1, -0.05) is 0 Å². The van der Waals surface area contributed by atoms with Gasteiger partial charge in [0.1, 0.15) is 29.3 Å². The highest BCUT2D eigenvalue weighted by atomic mass is 16.5. The van der Waals surface area contributed by atoms with Gasteiger partial charge in [0.2, 0.25) is 0 Å². The number of fused-ring (bicyclic) bond motifs is 2. The van der Waals surface area contributed by atoms with Crippen molar-refractivity contribution in [1.82, 2.24) is 4.98 Å². The smallest absolute Gasteiger partial charge is 0.345 e. The third-order valence-electron chi connectivity index (χ3n) is 6.79. The van der Waals surface area contributed by atoms with Crippen molar-refractivity contribution in [3.63, 3.8) is 0 Å². The molecule has 3 N–H and O–H groups in total. The number of rotatable bonds is 4. The van der Waals surface area contributed by atoms with Crippen molar-refractivity contribution in [2.75, 3.05) is 6.61 Å². The number of carbonyl (C=O) groups is 1. The summed E-state index contributed by atoms with van der Waals surface area (Å²) in [6, 6.07) is 4.95. The molecule has 0 radical (unpaired) electrons. The van der Waals surface area contributed by atoms with Gasteiger partial charge in [-0.05, 0) is 44.7 Å². The van der Waals surface area contributed by atoms with Crippen molar-refractivity contribution in [3.8, 4) is 17.1 Å². The predicted octanol–water partition coefficient (Wildman–Crippen LogP) is 1.59. The van der Waals surface area contributed by atoms with Gasteiger partial charge in [0.15, 0.2) is 0 Å². The molecule has 1 aliphatic heterocycles. The lowest BCUT2D eigenvalue weighted by Gasteiger charge is -2.53. The van der Waals surface area contributed by atoms with E-state index < -0.39 is 46.8 Å². The standard InChI is InChI=1S/C23H27NO8/c1-12(25)30-11-22(2,29)14-7-15-20(27)19-17(32-23(15,3)18(26)8-14)9-16(31-21(19)28)13-5-4-6-24-10-13/h4-6,9-10,14-15,18,20,26-27,29H,7-8,11H2,1-3H3/t14-,15-,18-,20+,22+,23-/m1/s1. The van der Waals surface area contributed by atoms with Crippen molar-refractivity contribution >= 4 is 5.97 Å². The second kappa shape index (κ2) is 7.99. The van der Waals surface area contributed by atoms with Crippen LogP contribution in [0.3, 0.4) is 0 Å². The van der Waals surface area contributed by atoms with Gasteiger partial charge in [-0.15, -0.1) is 0 Å². The van der Waals surface area contributed by atoms with E-state index in [9.17, 15) is 24.9 Å². The Hall–Kier alpha value is -2.75. The number of aromatic nitrogens is 1. The Morgan fingerprint density at radius 3 is 2.78 bits per heavy atom. The summed E-state index contributed by atoms with van der Waals surface area (Å²) >= 11 is 0. The Kier molecular flexibility index (Phi) is 5.60. The van der Waals surface area contributed by atoms with Gasteiger partial charge in [-0.3, -0.25) is 9.78 Å². The summed E-state index contributed by atoms with van der Waals surface area (Å²) in [5.74, 6) is -1.33. The predicted molar refractivity (Wildman–Crippen MR) is 112 cm³/mol. The summed E-state index contributed by atoms with van der Waals surface area (Å²) in [6.45, 7) is 4.21. The Morgan fingerprint density at radius 2 is 2.12 bits per heavy atom. The van der Waals surface area contributed by atoms with Crippen molar-refractivity contribution < 1.29 is 34.0 Å². The van der Waals surface area contributed by atoms with Crippen LogP contribution in [0.2, 0.25) is 0 Å². The minimum atomic E-state index is -1.43. The maximum atomic E-state index is 12.8. The Labute approximate surface area is 184 Å². The topological polar surface area (TPSA) is 139 Å². The van der Waals surface area contributed by atoms with Crippen LogP contribution in [0, 0.1) is 11.8 Å². The van der Waals surface area contributed by atoms with Crippen LogP contribution < -0.4 is 10.4 Å². The number of carbonyl (C=O) groups excluding carboxylic acids is 1. The van der Waals surface area contributed by atoms with Crippen LogP contribution in [0.25, 0.3) is 11.3 Å². The van der Waals surface area contributed by atoms with E-state index in [-0.39, 0.29) is 36.5 Å². The highest BCUT2D eigenvalue weighted by Crippen LogP contribution is 2.52. The number of aliphatic hydroxyl groups is 3. The molecule has 0 unspecified atom stereocenters. The summed E-state index contributed by atoms with van der Waals surface area (Å²) in [5, 5.41) is 33.0. The maximum absolute atomic E-state index is 12.8. The first-order valence-electron chi connectivity index (χ1n) is 10.5. The molecule has 3 heterocycles. The second-order valence-electron chi connectivity index (χ2n) is 9.08. The highest BCUT2D eigenvalue weighted by molar-refractivity contribution is 5.66. The largest absolute Gasteiger partial charge is 0.484 e. The fourth-order valence-electron chi connectivity index (χ4n) is 4.77. The van der Waals surface area contributed by atoms with Crippen molar-refractivity contribution in [2.24, 2.45) is 11.8 Å². The van der Waals surface area contributed by atoms with E-state index in [4.69, 9.17) is 13.9 Å². The van der Waals surface area contributed by atoms with Crippen LogP contribution in [0.5, 0.6) is 5.75 Å². The normalized spacial score (nSPS) is 30.9. The van der Waals surface area contributed by atoms with E-state index in [1.165, 1.54) is 19.9 Å². The molecule has 1 aliphatic carbocycles. The fraction of sp³-hybridized carbons (Fsp3) is 0.522. The van der Waals surface area contributed by atoms with E-state index in [1.807, 2.05) is 0 Å². The van der Waals surface area contributed by atoms with E-state index in [0.29, 0.717) is 5.56 Å². The number of ether oxygens (including phenoxy) is 2. The lowest BCUT2D eigenvalue weighted by molar-refractivity contribution is -0.193. The third kappa shape index (κ3) is 3.80. The molecule has 4 rings (SSSR count). The van der Waals surface area contributed by atoms with Crippen LogP contribution in [-0.4, -0.2) is 50.2 Å². The zero-order valence-corrected chi connectivity index (χ0v) is 18.1. The minimum Gasteiger partial charge on any atom is -0.484 e. The molecule has 0 aromatic carbocycles.